The molecule has 3 nitrogen and oxygen atoms in total. The lowest BCUT2D eigenvalue weighted by Gasteiger charge is -2.60. The molecule has 4 bridgehead atoms. The van der Waals surface area contributed by atoms with Crippen molar-refractivity contribution in [2.24, 2.45) is 17.3 Å². The SMILES string of the molecule is O=C([O-])C12C[C@@H]3C[C@@H](CC(O)(C3)C1)C2. The Bertz CT molecular complexity index is 283. The van der Waals surface area contributed by atoms with Gasteiger partial charge in [0.25, 0.3) is 0 Å². The number of carbonyl (C=O) groups is 1. The molecule has 14 heavy (non-hydrogen) atoms. The molecule has 0 aromatic carbocycles. The topological polar surface area (TPSA) is 60.4 Å². The number of hydrogen-bond acceptors (Lipinski definition) is 3. The van der Waals surface area contributed by atoms with E-state index in [0.717, 1.165) is 32.1 Å². The predicted molar refractivity (Wildman–Crippen MR) is 47.1 cm³/mol. The zero-order valence-corrected chi connectivity index (χ0v) is 8.16. The number of carboxylic acid groups (broad SMARTS) is 1. The van der Waals surface area contributed by atoms with Gasteiger partial charge in [0.1, 0.15) is 0 Å². The van der Waals surface area contributed by atoms with Gasteiger partial charge in [-0.2, -0.15) is 0 Å². The fourth-order valence-electron chi connectivity index (χ4n) is 4.45. The average Bonchev–Trinajstić information content (AvgIpc) is 1.98. The van der Waals surface area contributed by atoms with Crippen molar-refractivity contribution in [1.82, 2.24) is 0 Å². The maximum Gasteiger partial charge on any atom is 0.0662 e. The zero-order chi connectivity index (χ0) is 9.97. The minimum Gasteiger partial charge on any atom is -0.550 e. The van der Waals surface area contributed by atoms with Crippen LogP contribution < -0.4 is 5.11 Å². The van der Waals surface area contributed by atoms with E-state index in [1.165, 1.54) is 0 Å². The zero-order valence-electron chi connectivity index (χ0n) is 8.16. The smallest absolute Gasteiger partial charge is 0.0662 e. The van der Waals surface area contributed by atoms with Crippen LogP contribution in [0.2, 0.25) is 0 Å². The second-order valence-electron chi connectivity index (χ2n) is 5.75. The van der Waals surface area contributed by atoms with Crippen LogP contribution in [0.1, 0.15) is 38.5 Å². The fraction of sp³-hybridized carbons (Fsp3) is 0.909. The molecule has 0 aromatic heterocycles. The molecule has 2 unspecified atom stereocenters. The minimum absolute atomic E-state index is 0.430. The van der Waals surface area contributed by atoms with E-state index < -0.39 is 17.0 Å². The van der Waals surface area contributed by atoms with Crippen molar-refractivity contribution < 1.29 is 15.0 Å². The molecule has 0 aromatic rings. The molecule has 4 fully saturated rings. The summed E-state index contributed by atoms with van der Waals surface area (Å²) in [6.07, 6.45) is 4.69. The molecule has 78 valence electrons. The summed E-state index contributed by atoms with van der Waals surface area (Å²) in [5, 5.41) is 21.4. The number of rotatable bonds is 1. The number of carbonyl (C=O) groups excluding carboxylic acids is 1. The largest absolute Gasteiger partial charge is 0.550 e. The van der Waals surface area contributed by atoms with Crippen molar-refractivity contribution in [3.05, 3.63) is 0 Å². The minimum atomic E-state index is -0.926. The van der Waals surface area contributed by atoms with Crippen molar-refractivity contribution in [2.45, 2.75) is 44.1 Å². The highest BCUT2D eigenvalue weighted by Gasteiger charge is 2.57. The highest BCUT2D eigenvalue weighted by atomic mass is 16.4. The highest BCUT2D eigenvalue weighted by Crippen LogP contribution is 2.61. The lowest BCUT2D eigenvalue weighted by Crippen LogP contribution is -2.60. The molecule has 4 rings (SSSR count). The lowest BCUT2D eigenvalue weighted by molar-refractivity contribution is -0.331. The van der Waals surface area contributed by atoms with Crippen LogP contribution >= 0.6 is 0 Å². The molecule has 0 aliphatic heterocycles. The Kier molecular flexibility index (Phi) is 1.45. The summed E-state index contributed by atoms with van der Waals surface area (Å²) in [5.41, 5.74) is -1.36. The first kappa shape index (κ1) is 8.72. The van der Waals surface area contributed by atoms with Crippen molar-refractivity contribution in [1.29, 1.82) is 0 Å². The number of hydrogen-bond donors (Lipinski definition) is 1. The van der Waals surface area contributed by atoms with E-state index >= 15 is 0 Å². The third kappa shape index (κ3) is 0.991. The summed E-state index contributed by atoms with van der Waals surface area (Å²) in [5.74, 6) is -0.0664. The Labute approximate surface area is 83.1 Å². The van der Waals surface area contributed by atoms with E-state index in [-0.39, 0.29) is 0 Å². The monoisotopic (exact) mass is 195 g/mol. The van der Waals surface area contributed by atoms with Gasteiger partial charge in [-0.3, -0.25) is 0 Å². The van der Waals surface area contributed by atoms with Crippen LogP contribution in [0.5, 0.6) is 0 Å². The summed E-state index contributed by atoms with van der Waals surface area (Å²) < 4.78 is 0. The van der Waals surface area contributed by atoms with E-state index in [4.69, 9.17) is 0 Å². The van der Waals surface area contributed by atoms with Gasteiger partial charge in [0.15, 0.2) is 0 Å². The van der Waals surface area contributed by atoms with Crippen molar-refractivity contribution in [3.8, 4) is 0 Å². The average molecular weight is 195 g/mol. The Hall–Kier alpha value is -0.570. The summed E-state index contributed by atoms with van der Waals surface area (Å²) >= 11 is 0. The molecule has 4 saturated carbocycles. The van der Waals surface area contributed by atoms with Gasteiger partial charge in [0, 0.05) is 11.4 Å². The van der Waals surface area contributed by atoms with Crippen LogP contribution in [-0.2, 0) is 4.79 Å². The standard InChI is InChI=1S/C11H16O3/c12-9(13)10-2-7-1-8(3-10)5-11(14,4-7)6-10/h7-8,14H,1-6H2,(H,12,13)/p-1/t7-,8+,10?,11?. The van der Waals surface area contributed by atoms with E-state index in [2.05, 4.69) is 0 Å². The normalized spacial score (nSPS) is 54.9. The van der Waals surface area contributed by atoms with E-state index in [1.807, 2.05) is 0 Å². The maximum absolute atomic E-state index is 11.2. The first-order chi connectivity index (χ1) is 6.51. The molecule has 0 radical (unpaired) electrons. The number of aliphatic hydroxyl groups is 1. The predicted octanol–water partition coefficient (Wildman–Crippen LogP) is 0.0676. The van der Waals surface area contributed by atoms with E-state index in [9.17, 15) is 15.0 Å². The summed E-state index contributed by atoms with van der Waals surface area (Å²) in [6, 6.07) is 0. The van der Waals surface area contributed by atoms with Gasteiger partial charge in [-0.1, -0.05) is 0 Å². The first-order valence-electron chi connectivity index (χ1n) is 5.45. The van der Waals surface area contributed by atoms with Gasteiger partial charge in [0.2, 0.25) is 0 Å². The van der Waals surface area contributed by atoms with Crippen LogP contribution in [0.25, 0.3) is 0 Å². The van der Waals surface area contributed by atoms with E-state index in [0.29, 0.717) is 18.3 Å². The molecular weight excluding hydrogens is 180 g/mol. The Balaban J connectivity index is 2.00. The van der Waals surface area contributed by atoms with Crippen LogP contribution in [0, 0.1) is 17.3 Å². The molecule has 0 heterocycles. The van der Waals surface area contributed by atoms with Gasteiger partial charge in [-0.05, 0) is 50.4 Å². The summed E-state index contributed by atoms with van der Waals surface area (Å²) in [7, 11) is 0. The van der Waals surface area contributed by atoms with Crippen molar-refractivity contribution in [2.75, 3.05) is 0 Å². The highest BCUT2D eigenvalue weighted by molar-refractivity contribution is 5.73. The van der Waals surface area contributed by atoms with Gasteiger partial charge in [-0.15, -0.1) is 0 Å². The quantitative estimate of drug-likeness (QED) is 0.644. The van der Waals surface area contributed by atoms with Crippen LogP contribution in [0.4, 0.5) is 0 Å². The van der Waals surface area contributed by atoms with E-state index in [1.54, 1.807) is 0 Å². The third-order valence-electron chi connectivity index (χ3n) is 4.46. The summed E-state index contributed by atoms with van der Waals surface area (Å²) in [4.78, 5) is 11.2. The summed E-state index contributed by atoms with van der Waals surface area (Å²) in [6.45, 7) is 0. The second kappa shape index (κ2) is 2.32. The van der Waals surface area contributed by atoms with Crippen LogP contribution in [0.15, 0.2) is 0 Å². The Morgan fingerprint density at radius 1 is 1.21 bits per heavy atom. The molecule has 1 N–H and O–H groups in total. The first-order valence-corrected chi connectivity index (χ1v) is 5.45. The second-order valence-corrected chi connectivity index (χ2v) is 5.75. The van der Waals surface area contributed by atoms with Crippen LogP contribution in [-0.4, -0.2) is 16.7 Å². The van der Waals surface area contributed by atoms with Crippen molar-refractivity contribution >= 4 is 5.97 Å². The maximum atomic E-state index is 11.2. The van der Waals surface area contributed by atoms with Gasteiger partial charge in [-0.25, -0.2) is 0 Å². The molecule has 4 aliphatic rings. The molecule has 4 aliphatic carbocycles. The Morgan fingerprint density at radius 2 is 1.79 bits per heavy atom. The van der Waals surface area contributed by atoms with Gasteiger partial charge >= 0.3 is 0 Å². The van der Waals surface area contributed by atoms with Gasteiger partial charge in [0.05, 0.1) is 5.60 Å². The van der Waals surface area contributed by atoms with Crippen molar-refractivity contribution in [3.63, 3.8) is 0 Å². The Morgan fingerprint density at radius 3 is 2.21 bits per heavy atom. The molecular formula is C11H15O3-. The van der Waals surface area contributed by atoms with Crippen LogP contribution in [0.3, 0.4) is 0 Å². The van der Waals surface area contributed by atoms with Gasteiger partial charge < -0.3 is 15.0 Å². The molecule has 3 heteroatoms. The lowest BCUT2D eigenvalue weighted by atomic mass is 9.48. The molecule has 0 saturated heterocycles. The molecule has 0 amide bonds. The number of carboxylic acids is 1. The molecule has 4 atom stereocenters. The number of aliphatic carboxylic acids is 1. The molecule has 0 spiro atoms. The fourth-order valence-corrected chi connectivity index (χ4v) is 4.45. The third-order valence-corrected chi connectivity index (χ3v) is 4.46.